The Kier molecular flexibility index (Phi) is 7.32. The summed E-state index contributed by atoms with van der Waals surface area (Å²) in [6, 6.07) is 0.777. The molecule has 0 radical (unpaired) electrons. The summed E-state index contributed by atoms with van der Waals surface area (Å²) in [5.41, 5.74) is 0.0905. The summed E-state index contributed by atoms with van der Waals surface area (Å²) in [7, 11) is 0. The fourth-order valence-electron chi connectivity index (χ4n) is 3.03. The third kappa shape index (κ3) is 6.11. The summed E-state index contributed by atoms with van der Waals surface area (Å²) in [6.45, 7) is 5.64. The Balaban J connectivity index is 1.69. The summed E-state index contributed by atoms with van der Waals surface area (Å²) < 4.78 is 12.0. The number of unbranched alkanes of at least 4 members (excludes halogenated alkanes) is 1. The van der Waals surface area contributed by atoms with E-state index >= 15 is 0 Å². The molecular weight excluding hydrogens is 250 g/mol. The zero-order valence-electron chi connectivity index (χ0n) is 13.3. The first-order valence-corrected chi connectivity index (χ1v) is 8.80. The van der Waals surface area contributed by atoms with E-state index in [0.29, 0.717) is 0 Å². The lowest BCUT2D eigenvalue weighted by atomic mass is 9.94. The van der Waals surface area contributed by atoms with Crippen LogP contribution in [0.4, 0.5) is 0 Å². The first-order valence-electron chi connectivity index (χ1n) is 8.80. The van der Waals surface area contributed by atoms with E-state index in [0.717, 1.165) is 38.8 Å². The average Bonchev–Trinajstić information content (AvgIpc) is 3.28. The minimum atomic E-state index is 0.0905. The van der Waals surface area contributed by atoms with Crippen molar-refractivity contribution in [3.8, 4) is 0 Å². The highest BCUT2D eigenvalue weighted by atomic mass is 16.5. The molecule has 3 heteroatoms. The van der Waals surface area contributed by atoms with Crippen LogP contribution >= 0.6 is 0 Å². The van der Waals surface area contributed by atoms with Gasteiger partial charge in [0.25, 0.3) is 0 Å². The first-order chi connectivity index (χ1) is 9.85. The molecule has 0 spiro atoms. The first kappa shape index (κ1) is 16.3. The monoisotopic (exact) mass is 283 g/mol. The van der Waals surface area contributed by atoms with E-state index in [4.69, 9.17) is 9.47 Å². The highest BCUT2D eigenvalue weighted by Crippen LogP contribution is 2.31. The van der Waals surface area contributed by atoms with Crippen LogP contribution < -0.4 is 5.32 Å². The van der Waals surface area contributed by atoms with Crippen LogP contribution in [0.5, 0.6) is 0 Å². The Bertz CT molecular complexity index is 245. The number of hydrogen-bond donors (Lipinski definition) is 1. The minimum Gasteiger partial charge on any atom is -0.379 e. The molecule has 1 N–H and O–H groups in total. The molecule has 0 amide bonds. The molecule has 0 aliphatic heterocycles. The summed E-state index contributed by atoms with van der Waals surface area (Å²) in [5, 5.41) is 3.69. The molecule has 118 valence electrons. The Hall–Kier alpha value is -0.120. The van der Waals surface area contributed by atoms with Crippen molar-refractivity contribution in [2.45, 2.75) is 82.8 Å². The molecule has 2 fully saturated rings. The van der Waals surface area contributed by atoms with Crippen LogP contribution in [0.2, 0.25) is 0 Å². The second-order valence-electron chi connectivity index (χ2n) is 6.57. The van der Waals surface area contributed by atoms with Crippen LogP contribution in [0.15, 0.2) is 0 Å². The van der Waals surface area contributed by atoms with Gasteiger partial charge in [0, 0.05) is 19.2 Å². The third-order valence-corrected chi connectivity index (χ3v) is 4.58. The van der Waals surface area contributed by atoms with Crippen LogP contribution in [0, 0.1) is 0 Å². The van der Waals surface area contributed by atoms with Crippen LogP contribution in [-0.2, 0) is 9.47 Å². The molecule has 0 unspecified atom stereocenters. The topological polar surface area (TPSA) is 30.5 Å². The van der Waals surface area contributed by atoms with Crippen molar-refractivity contribution in [2.75, 3.05) is 26.4 Å². The molecule has 0 bridgehead atoms. The molecular formula is C17H33NO2. The second kappa shape index (κ2) is 9.01. The van der Waals surface area contributed by atoms with Crippen LogP contribution in [0.25, 0.3) is 0 Å². The van der Waals surface area contributed by atoms with E-state index in [2.05, 4.69) is 12.2 Å². The van der Waals surface area contributed by atoms with Crippen molar-refractivity contribution in [1.82, 2.24) is 5.32 Å². The van der Waals surface area contributed by atoms with Gasteiger partial charge in [0.2, 0.25) is 0 Å². The largest absolute Gasteiger partial charge is 0.379 e. The molecule has 3 nitrogen and oxygen atoms in total. The van der Waals surface area contributed by atoms with Crippen LogP contribution in [-0.4, -0.2) is 38.0 Å². The maximum Gasteiger partial charge on any atom is 0.0807 e. The maximum atomic E-state index is 6.32. The quantitative estimate of drug-likeness (QED) is 0.490. The SMILES string of the molecule is CCCCOCCOC1(CNC2CC2)CCCCCC1. The van der Waals surface area contributed by atoms with Crippen LogP contribution in [0.3, 0.4) is 0 Å². The van der Waals surface area contributed by atoms with E-state index in [1.807, 2.05) is 0 Å². The van der Waals surface area contributed by atoms with Gasteiger partial charge in [-0.1, -0.05) is 39.0 Å². The molecule has 0 saturated heterocycles. The highest BCUT2D eigenvalue weighted by Gasteiger charge is 2.33. The van der Waals surface area contributed by atoms with E-state index < -0.39 is 0 Å². The van der Waals surface area contributed by atoms with E-state index in [-0.39, 0.29) is 5.60 Å². The number of rotatable bonds is 10. The van der Waals surface area contributed by atoms with E-state index in [1.54, 1.807) is 0 Å². The van der Waals surface area contributed by atoms with Crippen molar-refractivity contribution < 1.29 is 9.47 Å². The number of nitrogens with one attached hydrogen (secondary N) is 1. The van der Waals surface area contributed by atoms with Gasteiger partial charge in [-0.25, -0.2) is 0 Å². The summed E-state index contributed by atoms with van der Waals surface area (Å²) in [5.74, 6) is 0. The van der Waals surface area contributed by atoms with Gasteiger partial charge in [0.1, 0.15) is 0 Å². The van der Waals surface area contributed by atoms with Crippen molar-refractivity contribution >= 4 is 0 Å². The van der Waals surface area contributed by atoms with Crippen LogP contribution in [0.1, 0.15) is 71.1 Å². The lowest BCUT2D eigenvalue weighted by Gasteiger charge is -2.33. The average molecular weight is 283 g/mol. The lowest BCUT2D eigenvalue weighted by Crippen LogP contribution is -2.44. The fraction of sp³-hybridized carbons (Fsp3) is 1.00. The molecule has 20 heavy (non-hydrogen) atoms. The van der Waals surface area contributed by atoms with E-state index in [9.17, 15) is 0 Å². The van der Waals surface area contributed by atoms with Crippen molar-refractivity contribution in [3.63, 3.8) is 0 Å². The second-order valence-corrected chi connectivity index (χ2v) is 6.57. The maximum absolute atomic E-state index is 6.32. The van der Waals surface area contributed by atoms with Gasteiger partial charge in [0.15, 0.2) is 0 Å². The fourth-order valence-corrected chi connectivity index (χ4v) is 3.03. The van der Waals surface area contributed by atoms with E-state index in [1.165, 1.54) is 57.8 Å². The molecule has 0 heterocycles. The lowest BCUT2D eigenvalue weighted by molar-refractivity contribution is -0.0755. The van der Waals surface area contributed by atoms with Gasteiger partial charge in [-0.2, -0.15) is 0 Å². The van der Waals surface area contributed by atoms with Crippen molar-refractivity contribution in [3.05, 3.63) is 0 Å². The normalized spacial score (nSPS) is 22.6. The van der Waals surface area contributed by atoms with Gasteiger partial charge in [0.05, 0.1) is 18.8 Å². The minimum absolute atomic E-state index is 0.0905. The Morgan fingerprint density at radius 1 is 1.00 bits per heavy atom. The zero-order chi connectivity index (χ0) is 14.1. The molecule has 2 saturated carbocycles. The van der Waals surface area contributed by atoms with Gasteiger partial charge in [-0.05, 0) is 32.1 Å². The van der Waals surface area contributed by atoms with Gasteiger partial charge in [-0.3, -0.25) is 0 Å². The predicted molar refractivity (Wildman–Crippen MR) is 83.1 cm³/mol. The highest BCUT2D eigenvalue weighted by molar-refractivity contribution is 4.90. The Labute approximate surface area is 124 Å². The third-order valence-electron chi connectivity index (χ3n) is 4.58. The summed E-state index contributed by atoms with van der Waals surface area (Å²) in [6.07, 6.45) is 12.9. The van der Waals surface area contributed by atoms with Gasteiger partial charge < -0.3 is 14.8 Å². The molecule has 0 aromatic rings. The Morgan fingerprint density at radius 3 is 2.40 bits per heavy atom. The standard InChI is InChI=1S/C17H33NO2/c1-2-3-12-19-13-14-20-17(15-18-16-8-9-16)10-6-4-5-7-11-17/h16,18H,2-15H2,1H3. The number of hydrogen-bond acceptors (Lipinski definition) is 3. The summed E-state index contributed by atoms with van der Waals surface area (Å²) in [4.78, 5) is 0. The predicted octanol–water partition coefficient (Wildman–Crippen LogP) is 3.66. The van der Waals surface area contributed by atoms with Gasteiger partial charge >= 0.3 is 0 Å². The molecule has 2 aliphatic rings. The van der Waals surface area contributed by atoms with Crippen molar-refractivity contribution in [2.24, 2.45) is 0 Å². The van der Waals surface area contributed by atoms with Crippen molar-refractivity contribution in [1.29, 1.82) is 0 Å². The molecule has 2 rings (SSSR count). The Morgan fingerprint density at radius 2 is 1.75 bits per heavy atom. The smallest absolute Gasteiger partial charge is 0.0807 e. The molecule has 0 aromatic carbocycles. The molecule has 0 aromatic heterocycles. The number of ether oxygens (including phenoxy) is 2. The summed E-state index contributed by atoms with van der Waals surface area (Å²) >= 11 is 0. The zero-order valence-corrected chi connectivity index (χ0v) is 13.3. The molecule has 0 atom stereocenters. The van der Waals surface area contributed by atoms with Gasteiger partial charge in [-0.15, -0.1) is 0 Å². The molecule has 2 aliphatic carbocycles.